The van der Waals surface area contributed by atoms with Crippen LogP contribution in [0.15, 0.2) is 23.1 Å². The number of amides is 4. The maximum absolute atomic E-state index is 12.6. The van der Waals surface area contributed by atoms with Gasteiger partial charge in [0.25, 0.3) is 11.8 Å². The Kier molecular flexibility index (Phi) is 4.68. The number of nitrogens with two attached hydrogens (primary N) is 1. The lowest BCUT2D eigenvalue weighted by Gasteiger charge is -2.27. The van der Waals surface area contributed by atoms with E-state index in [1.54, 1.807) is 30.0 Å². The van der Waals surface area contributed by atoms with E-state index in [-0.39, 0.29) is 18.7 Å². The molecule has 1 atom stereocenters. The third-order valence-corrected chi connectivity index (χ3v) is 5.11. The Morgan fingerprint density at radius 3 is 2.62 bits per heavy atom. The van der Waals surface area contributed by atoms with E-state index in [1.165, 1.54) is 0 Å². The van der Waals surface area contributed by atoms with Crippen LogP contribution in [0.2, 0.25) is 0 Å². The van der Waals surface area contributed by atoms with Gasteiger partial charge < -0.3 is 5.73 Å². The molecule has 0 aromatic heterocycles. The van der Waals surface area contributed by atoms with E-state index in [0.717, 1.165) is 22.0 Å². The van der Waals surface area contributed by atoms with Crippen LogP contribution in [0.4, 0.5) is 0 Å². The number of carbonyl (C=O) groups excluding carboxylic acids is 4. The summed E-state index contributed by atoms with van der Waals surface area (Å²) in [5.41, 5.74) is 6.07. The second kappa shape index (κ2) is 6.74. The van der Waals surface area contributed by atoms with Gasteiger partial charge in [-0.05, 0) is 43.3 Å². The summed E-state index contributed by atoms with van der Waals surface area (Å²) in [6.07, 6.45) is 1.13. The van der Waals surface area contributed by atoms with Crippen molar-refractivity contribution in [3.63, 3.8) is 0 Å². The number of carbonyl (C=O) groups is 4. The molecule has 0 spiro atoms. The van der Waals surface area contributed by atoms with Crippen LogP contribution >= 0.6 is 11.8 Å². The van der Waals surface area contributed by atoms with Gasteiger partial charge in [0.1, 0.15) is 6.04 Å². The van der Waals surface area contributed by atoms with E-state index in [4.69, 9.17) is 5.73 Å². The summed E-state index contributed by atoms with van der Waals surface area (Å²) in [6.45, 7) is 0.596. The predicted octanol–water partition coefficient (Wildman–Crippen LogP) is 0.529. The molecule has 7 nitrogen and oxygen atoms in total. The molecule has 24 heavy (non-hydrogen) atoms. The standard InChI is InChI=1S/C16H17N3O4S/c17-6-1-7-24-9-2-3-10-11(8-9)16(23)19(15(10)22)12-4-5-13(20)18-14(12)21/h2-3,8,12H,1,4-7,17H2,(H,18,20,21). The zero-order valence-corrected chi connectivity index (χ0v) is 13.7. The summed E-state index contributed by atoms with van der Waals surface area (Å²) in [6, 6.07) is 4.16. The molecule has 1 aromatic rings. The molecule has 2 aliphatic heterocycles. The Morgan fingerprint density at radius 2 is 1.92 bits per heavy atom. The minimum absolute atomic E-state index is 0.115. The van der Waals surface area contributed by atoms with E-state index in [9.17, 15) is 19.2 Å². The average molecular weight is 347 g/mol. The van der Waals surface area contributed by atoms with Crippen molar-refractivity contribution in [2.24, 2.45) is 5.73 Å². The highest BCUT2D eigenvalue weighted by Crippen LogP contribution is 2.31. The third kappa shape index (κ3) is 2.94. The summed E-state index contributed by atoms with van der Waals surface area (Å²) in [7, 11) is 0. The van der Waals surface area contributed by atoms with Gasteiger partial charge in [0.05, 0.1) is 11.1 Å². The highest BCUT2D eigenvalue weighted by molar-refractivity contribution is 7.99. The Bertz CT molecular complexity index is 734. The Morgan fingerprint density at radius 1 is 1.17 bits per heavy atom. The SMILES string of the molecule is NCCCSc1ccc2c(c1)C(=O)N(C1CCC(=O)NC1=O)C2=O. The third-order valence-electron chi connectivity index (χ3n) is 4.03. The van der Waals surface area contributed by atoms with Crippen molar-refractivity contribution < 1.29 is 19.2 Å². The van der Waals surface area contributed by atoms with Crippen LogP contribution in [0.3, 0.4) is 0 Å². The second-order valence-corrected chi connectivity index (χ2v) is 6.81. The molecule has 4 amide bonds. The lowest BCUT2D eigenvalue weighted by molar-refractivity contribution is -0.136. The highest BCUT2D eigenvalue weighted by atomic mass is 32.2. The number of hydrogen-bond donors (Lipinski definition) is 2. The van der Waals surface area contributed by atoms with Crippen LogP contribution in [0.1, 0.15) is 40.0 Å². The molecule has 3 rings (SSSR count). The van der Waals surface area contributed by atoms with Crippen molar-refractivity contribution in [1.29, 1.82) is 0 Å². The number of nitrogens with zero attached hydrogens (tertiary/aromatic N) is 1. The minimum Gasteiger partial charge on any atom is -0.330 e. The number of imide groups is 2. The van der Waals surface area contributed by atoms with E-state index in [1.807, 2.05) is 0 Å². The molecule has 0 saturated carbocycles. The first-order chi connectivity index (χ1) is 11.5. The normalized spacial score (nSPS) is 20.4. The van der Waals surface area contributed by atoms with Gasteiger partial charge in [-0.15, -0.1) is 11.8 Å². The van der Waals surface area contributed by atoms with Crippen LogP contribution in [0.25, 0.3) is 0 Å². The van der Waals surface area contributed by atoms with Crippen LogP contribution in [0.5, 0.6) is 0 Å². The smallest absolute Gasteiger partial charge is 0.262 e. The molecule has 1 saturated heterocycles. The maximum Gasteiger partial charge on any atom is 0.262 e. The van der Waals surface area contributed by atoms with Crippen molar-refractivity contribution in [1.82, 2.24) is 10.2 Å². The van der Waals surface area contributed by atoms with Crippen molar-refractivity contribution in [3.8, 4) is 0 Å². The Balaban J connectivity index is 1.83. The summed E-state index contributed by atoms with van der Waals surface area (Å²) in [5, 5.41) is 2.18. The average Bonchev–Trinajstić information content (AvgIpc) is 2.80. The van der Waals surface area contributed by atoms with E-state index >= 15 is 0 Å². The molecule has 1 fully saturated rings. The predicted molar refractivity (Wildman–Crippen MR) is 87.5 cm³/mol. The first-order valence-corrected chi connectivity index (χ1v) is 8.70. The van der Waals surface area contributed by atoms with Gasteiger partial charge in [-0.1, -0.05) is 0 Å². The first-order valence-electron chi connectivity index (χ1n) is 7.71. The number of fused-ring (bicyclic) bond motifs is 1. The molecular formula is C16H17N3O4S. The molecule has 0 bridgehead atoms. The van der Waals surface area contributed by atoms with Gasteiger partial charge in [0, 0.05) is 11.3 Å². The molecule has 0 radical (unpaired) electrons. The van der Waals surface area contributed by atoms with Gasteiger partial charge in [-0.3, -0.25) is 29.4 Å². The van der Waals surface area contributed by atoms with Crippen molar-refractivity contribution >= 4 is 35.4 Å². The fraction of sp³-hybridized carbons (Fsp3) is 0.375. The van der Waals surface area contributed by atoms with Crippen molar-refractivity contribution in [3.05, 3.63) is 29.3 Å². The van der Waals surface area contributed by atoms with Gasteiger partial charge in [-0.25, -0.2) is 0 Å². The molecule has 1 unspecified atom stereocenters. The fourth-order valence-corrected chi connectivity index (χ4v) is 3.73. The molecule has 2 aliphatic rings. The maximum atomic E-state index is 12.6. The number of nitrogens with one attached hydrogen (secondary N) is 1. The molecular weight excluding hydrogens is 330 g/mol. The topological polar surface area (TPSA) is 110 Å². The van der Waals surface area contributed by atoms with Crippen LogP contribution in [0, 0.1) is 0 Å². The second-order valence-electron chi connectivity index (χ2n) is 5.65. The van der Waals surface area contributed by atoms with Gasteiger partial charge in [0.15, 0.2) is 0 Å². The molecule has 126 valence electrons. The van der Waals surface area contributed by atoms with E-state index in [2.05, 4.69) is 5.32 Å². The molecule has 0 aliphatic carbocycles. The Hall–Kier alpha value is -2.19. The van der Waals surface area contributed by atoms with Crippen LogP contribution < -0.4 is 11.1 Å². The monoisotopic (exact) mass is 347 g/mol. The first kappa shape index (κ1) is 16.7. The van der Waals surface area contributed by atoms with Gasteiger partial charge in [0.2, 0.25) is 11.8 Å². The number of rotatable bonds is 5. The largest absolute Gasteiger partial charge is 0.330 e. The quantitative estimate of drug-likeness (QED) is 0.457. The lowest BCUT2D eigenvalue weighted by atomic mass is 10.0. The molecule has 3 N–H and O–H groups in total. The van der Waals surface area contributed by atoms with E-state index < -0.39 is 23.8 Å². The zero-order valence-electron chi connectivity index (χ0n) is 12.9. The molecule has 1 aromatic carbocycles. The minimum atomic E-state index is -0.927. The number of hydrogen-bond acceptors (Lipinski definition) is 6. The van der Waals surface area contributed by atoms with Gasteiger partial charge in [-0.2, -0.15) is 0 Å². The molecule has 2 heterocycles. The summed E-state index contributed by atoms with van der Waals surface area (Å²) in [5.74, 6) is -1.12. The lowest BCUT2D eigenvalue weighted by Crippen LogP contribution is -2.54. The number of piperidine rings is 1. The van der Waals surface area contributed by atoms with Gasteiger partial charge >= 0.3 is 0 Å². The zero-order chi connectivity index (χ0) is 17.3. The fourth-order valence-electron chi connectivity index (χ4n) is 2.81. The summed E-state index contributed by atoms with van der Waals surface area (Å²) < 4.78 is 0. The van der Waals surface area contributed by atoms with Crippen molar-refractivity contribution in [2.75, 3.05) is 12.3 Å². The van der Waals surface area contributed by atoms with Crippen LogP contribution in [-0.4, -0.2) is 46.9 Å². The summed E-state index contributed by atoms with van der Waals surface area (Å²) >= 11 is 1.57. The van der Waals surface area contributed by atoms with Crippen molar-refractivity contribution in [2.45, 2.75) is 30.2 Å². The number of benzene rings is 1. The molecule has 8 heteroatoms. The van der Waals surface area contributed by atoms with E-state index in [0.29, 0.717) is 17.7 Å². The van der Waals surface area contributed by atoms with Crippen LogP contribution in [-0.2, 0) is 9.59 Å². The highest BCUT2D eigenvalue weighted by Gasteiger charge is 2.44. The number of thioether (sulfide) groups is 1. The Labute approximate surface area is 142 Å². The summed E-state index contributed by atoms with van der Waals surface area (Å²) in [4.78, 5) is 50.2.